The topological polar surface area (TPSA) is 411 Å². The van der Waals surface area contributed by atoms with Crippen LogP contribution in [-0.2, 0) is 23.9 Å². The molecule has 2 aliphatic rings. The van der Waals surface area contributed by atoms with Gasteiger partial charge in [0.2, 0.25) is 5.91 Å². The largest absolute Gasteiger partial charge is 0.510 e. The standard InChI is InChI=1S/C70H108N2O20/c1-46(27-20-16-12-8-5-6-11-15-19-23-35-64(86)72-65-60(83)36-37-61(65)84)66(87)48(3)59(82)33-21-17-13-9-7-10-14-18-22-34-63(92-70-69(90)68(89)67(88)49(4)91-70)47(2)62(85)45-58(81)44-57(80)42-53(76)31-25-30-52(75)41-56(79)43-55(78)40-51(74)29-24-28-50(73)39-54(77)32-26-38-71/h5-11,13-15,17-25,27,29,31,33,35,46-59,63,66-70,73-83,87-90H,12,16,26,28,30,32,34,36-45,71H2,1-4H3,(H,72,86)/b8-5+,9-7+,11-6+,14-10+,17-13+,19-15+,22-18+,27-20+,29-24+,31-25+,33-21+,35-23+/t46-,47-,48+,49-,50+,51-,52-,53-,54-,55-,56-,57+,58-,59+,63+,66-,67+,68+,69+,70+/m1/s1. The molecule has 1 aliphatic heterocycles. The van der Waals surface area contributed by atoms with Crippen molar-refractivity contribution in [3.63, 3.8) is 0 Å². The molecule has 0 saturated carbocycles. The van der Waals surface area contributed by atoms with E-state index in [0.29, 0.717) is 19.4 Å². The number of ketones is 2. The average Bonchev–Trinajstić information content (AvgIpc) is 1.06. The number of aliphatic hydroxyl groups excluding tert-OH is 15. The highest BCUT2D eigenvalue weighted by Crippen LogP contribution is 2.28. The zero-order valence-corrected chi connectivity index (χ0v) is 53.8. The molecule has 0 aromatic heterocycles. The first kappa shape index (κ1) is 82.6. The van der Waals surface area contributed by atoms with Gasteiger partial charge in [0.15, 0.2) is 12.1 Å². The quantitative estimate of drug-likeness (QED) is 0.0177. The minimum absolute atomic E-state index is 0.0207. The van der Waals surface area contributed by atoms with Crippen LogP contribution in [0.3, 0.4) is 0 Å². The summed E-state index contributed by atoms with van der Waals surface area (Å²) in [7, 11) is 0. The lowest BCUT2D eigenvalue weighted by Gasteiger charge is -2.41. The van der Waals surface area contributed by atoms with Crippen LogP contribution >= 0.6 is 0 Å². The third-order valence-electron chi connectivity index (χ3n) is 15.6. The molecule has 0 spiro atoms. The van der Waals surface area contributed by atoms with Crippen LogP contribution in [0, 0.1) is 17.8 Å². The van der Waals surface area contributed by atoms with E-state index in [0.717, 1.165) is 12.8 Å². The Bertz CT molecular complexity index is 2520. The van der Waals surface area contributed by atoms with Gasteiger partial charge in [0.25, 0.3) is 0 Å². The van der Waals surface area contributed by atoms with Crippen molar-refractivity contribution in [2.75, 3.05) is 6.54 Å². The molecule has 0 aromatic carbocycles. The number of aliphatic hydroxyl groups is 15. The second-order valence-electron chi connectivity index (χ2n) is 23.9. The molecule has 2 rings (SSSR count). The van der Waals surface area contributed by atoms with Crippen LogP contribution in [0.4, 0.5) is 0 Å². The predicted molar refractivity (Wildman–Crippen MR) is 351 cm³/mol. The van der Waals surface area contributed by atoms with E-state index in [4.69, 9.17) is 15.2 Å². The van der Waals surface area contributed by atoms with Crippen LogP contribution in [0.5, 0.6) is 0 Å². The van der Waals surface area contributed by atoms with E-state index in [1.54, 1.807) is 98.9 Å². The number of rotatable bonds is 46. The van der Waals surface area contributed by atoms with Gasteiger partial charge in [-0.15, -0.1) is 0 Å². The highest BCUT2D eigenvalue weighted by atomic mass is 16.7. The third kappa shape index (κ3) is 35.7. The highest BCUT2D eigenvalue weighted by Gasteiger charge is 2.44. The fraction of sp³-hybridized carbons (Fsp3) is 0.586. The molecule has 0 radical (unpaired) electrons. The van der Waals surface area contributed by atoms with Crippen molar-refractivity contribution >= 4 is 17.5 Å². The van der Waals surface area contributed by atoms with Crippen LogP contribution < -0.4 is 11.1 Å². The van der Waals surface area contributed by atoms with Crippen molar-refractivity contribution in [3.05, 3.63) is 157 Å². The Morgan fingerprint density at radius 1 is 0.576 bits per heavy atom. The van der Waals surface area contributed by atoms with Gasteiger partial charge in [0.05, 0.1) is 79.4 Å². The molecule has 92 heavy (non-hydrogen) atoms. The maximum atomic E-state index is 13.6. The molecule has 1 heterocycles. The fourth-order valence-corrected chi connectivity index (χ4v) is 9.94. The monoisotopic (exact) mass is 1300 g/mol. The average molecular weight is 1300 g/mol. The van der Waals surface area contributed by atoms with Crippen molar-refractivity contribution in [1.82, 2.24) is 5.32 Å². The molecule has 20 atom stereocenters. The zero-order chi connectivity index (χ0) is 68.5. The van der Waals surface area contributed by atoms with Crippen LogP contribution in [0.2, 0.25) is 0 Å². The highest BCUT2D eigenvalue weighted by molar-refractivity contribution is 6.03. The number of unbranched alkanes of at least 4 members (excludes halogenated alkanes) is 1. The lowest BCUT2D eigenvalue weighted by atomic mass is 9.88. The molecule has 18 N–H and O–H groups in total. The summed E-state index contributed by atoms with van der Waals surface area (Å²) in [6.45, 7) is 7.16. The maximum absolute atomic E-state index is 13.6. The molecule has 1 aliphatic carbocycles. The van der Waals surface area contributed by atoms with Crippen LogP contribution in [-0.4, -0.2) is 205 Å². The number of Topliss-reactive ketones (excluding diaryl/α,β-unsaturated/α-hetero) is 2. The third-order valence-corrected chi connectivity index (χ3v) is 15.6. The van der Waals surface area contributed by atoms with Crippen molar-refractivity contribution in [3.8, 4) is 0 Å². The number of amides is 1. The maximum Gasteiger partial charge on any atom is 0.248 e. The summed E-state index contributed by atoms with van der Waals surface area (Å²) in [4.78, 5) is 37.2. The lowest BCUT2D eigenvalue weighted by Crippen LogP contribution is -2.58. The second-order valence-corrected chi connectivity index (χ2v) is 23.9. The number of carbonyl (C=O) groups excluding carboxylic acids is 3. The normalized spacial score (nSPS) is 24.1. The summed E-state index contributed by atoms with van der Waals surface area (Å²) < 4.78 is 11.7. The number of hydrogen-bond donors (Lipinski definition) is 17. The van der Waals surface area contributed by atoms with E-state index in [1.807, 2.05) is 37.3 Å². The predicted octanol–water partition coefficient (Wildman–Crippen LogP) is 3.99. The number of nitrogens with two attached hydrogens (primary N) is 1. The van der Waals surface area contributed by atoms with Crippen LogP contribution in [0.25, 0.3) is 0 Å². The first-order valence-corrected chi connectivity index (χ1v) is 32.1. The van der Waals surface area contributed by atoms with Gasteiger partial charge in [-0.3, -0.25) is 14.4 Å². The SMILES string of the molecule is C[C@H]([C@H](O)[C@H](C)/C=C/CC/C=C/C=C/C=C/C=C/C(=O)NC1=C(O)CCC1=O)[C@@H](O)/C=C/C=C/C=C/C=C/C=C/C[C@H](O[C@@H]1O[C@H](C)[C@H](O)[C@H](O)[C@@H]1O)[C@H](C)C(=O)C[C@H](O)C[C@@H](O)C[C@H](O)/C=C/C[C@@H](O)C[C@@H](O)C[C@H](O)C[C@H](O)/C=C/C[C@H](O)C[C@H](O)CCCN. The Balaban J connectivity index is 1.81. The summed E-state index contributed by atoms with van der Waals surface area (Å²) >= 11 is 0. The second kappa shape index (κ2) is 47.4. The molecule has 1 amide bonds. The summed E-state index contributed by atoms with van der Waals surface area (Å²) in [5.41, 5.74) is 5.40. The number of hydrogen-bond acceptors (Lipinski definition) is 21. The minimum atomic E-state index is -1.65. The minimum Gasteiger partial charge on any atom is -0.510 e. The van der Waals surface area contributed by atoms with Gasteiger partial charge in [-0.2, -0.15) is 0 Å². The molecule has 22 heteroatoms. The number of nitrogens with one attached hydrogen (secondary N) is 1. The Hall–Kier alpha value is -5.45. The molecule has 0 bridgehead atoms. The molecule has 22 nitrogen and oxygen atoms in total. The molecule has 0 aromatic rings. The first-order chi connectivity index (χ1) is 43.7. The van der Waals surface area contributed by atoms with Gasteiger partial charge in [-0.05, 0) is 84.1 Å². The van der Waals surface area contributed by atoms with E-state index < -0.39 is 134 Å². The number of allylic oxidation sites excluding steroid dienone is 18. The smallest absolute Gasteiger partial charge is 0.248 e. The van der Waals surface area contributed by atoms with E-state index in [1.165, 1.54) is 37.3 Å². The van der Waals surface area contributed by atoms with Crippen molar-refractivity contribution in [2.24, 2.45) is 23.5 Å². The van der Waals surface area contributed by atoms with E-state index in [9.17, 15) is 91.0 Å². The number of carbonyl (C=O) groups is 3. The molecule has 518 valence electrons. The summed E-state index contributed by atoms with van der Waals surface area (Å²) in [5, 5.41) is 159. The van der Waals surface area contributed by atoms with Gasteiger partial charge in [0.1, 0.15) is 35.6 Å². The van der Waals surface area contributed by atoms with Crippen molar-refractivity contribution < 1.29 is 100 Å². The van der Waals surface area contributed by atoms with E-state index in [-0.39, 0.29) is 93.8 Å². The van der Waals surface area contributed by atoms with Gasteiger partial charge in [0, 0.05) is 55.9 Å². The molecular weight excluding hydrogens is 1190 g/mol. The molecular formula is C70H108N2O20. The van der Waals surface area contributed by atoms with Gasteiger partial charge in [-0.25, -0.2) is 0 Å². The molecule has 1 fully saturated rings. The van der Waals surface area contributed by atoms with Gasteiger partial charge < -0.3 is 97.1 Å². The summed E-state index contributed by atoms with van der Waals surface area (Å²) in [6.07, 6.45) is 23.8. The van der Waals surface area contributed by atoms with Crippen LogP contribution in [0.15, 0.2) is 157 Å². The van der Waals surface area contributed by atoms with Crippen molar-refractivity contribution in [1.29, 1.82) is 0 Å². The van der Waals surface area contributed by atoms with Crippen LogP contribution in [0.1, 0.15) is 130 Å². The Morgan fingerprint density at radius 3 is 1.66 bits per heavy atom. The fourth-order valence-electron chi connectivity index (χ4n) is 9.94. The number of ether oxygens (including phenoxy) is 2. The Morgan fingerprint density at radius 2 is 1.09 bits per heavy atom. The van der Waals surface area contributed by atoms with Gasteiger partial charge >= 0.3 is 0 Å². The Kier molecular flexibility index (Phi) is 42.6. The van der Waals surface area contributed by atoms with Gasteiger partial charge in [-0.1, -0.05) is 161 Å². The summed E-state index contributed by atoms with van der Waals surface area (Å²) in [5.74, 6) is -2.90. The molecule has 1 saturated heterocycles. The Labute approximate surface area is 542 Å². The van der Waals surface area contributed by atoms with E-state index in [2.05, 4.69) is 5.32 Å². The lowest BCUT2D eigenvalue weighted by molar-refractivity contribution is -0.306. The zero-order valence-electron chi connectivity index (χ0n) is 53.8. The molecule has 0 unspecified atom stereocenters. The first-order valence-electron chi connectivity index (χ1n) is 32.1. The van der Waals surface area contributed by atoms with Crippen molar-refractivity contribution in [2.45, 2.75) is 234 Å². The van der Waals surface area contributed by atoms with E-state index >= 15 is 0 Å². The summed E-state index contributed by atoms with van der Waals surface area (Å²) in [6, 6.07) is 0.